The summed E-state index contributed by atoms with van der Waals surface area (Å²) >= 11 is 0. The highest BCUT2D eigenvalue weighted by Gasteiger charge is 2.28. The van der Waals surface area contributed by atoms with E-state index in [-0.39, 0.29) is 12.5 Å². The number of carbonyl (C=O) groups is 1. The van der Waals surface area contributed by atoms with Crippen LogP contribution in [0.5, 0.6) is 0 Å². The van der Waals surface area contributed by atoms with E-state index in [0.717, 1.165) is 5.69 Å². The number of rotatable bonds is 4. The topological polar surface area (TPSA) is 86.0 Å². The molecule has 2 N–H and O–H groups in total. The van der Waals surface area contributed by atoms with Gasteiger partial charge < -0.3 is 20.2 Å². The zero-order valence-electron chi connectivity index (χ0n) is 14.3. The molecular weight excluding hydrogens is 296 g/mol. The first-order valence-electron chi connectivity index (χ1n) is 7.83. The van der Waals surface area contributed by atoms with Crippen LogP contribution in [0.15, 0.2) is 17.4 Å². The maximum Gasteiger partial charge on any atom is 0.246 e. The number of anilines is 1. The number of aromatic nitrogens is 2. The molecule has 128 valence electrons. The van der Waals surface area contributed by atoms with Gasteiger partial charge >= 0.3 is 0 Å². The highest BCUT2D eigenvalue weighted by atomic mass is 16.3. The smallest absolute Gasteiger partial charge is 0.246 e. The van der Waals surface area contributed by atoms with E-state index in [1.54, 1.807) is 29.7 Å². The van der Waals surface area contributed by atoms with Crippen molar-refractivity contribution in [1.29, 1.82) is 0 Å². The first kappa shape index (κ1) is 17.3. The number of piperazine rings is 1. The van der Waals surface area contributed by atoms with E-state index in [0.29, 0.717) is 32.0 Å². The summed E-state index contributed by atoms with van der Waals surface area (Å²) in [5, 5.41) is 17.3. The minimum Gasteiger partial charge on any atom is -0.388 e. The minimum absolute atomic E-state index is 0.00875. The summed E-state index contributed by atoms with van der Waals surface area (Å²) in [5.41, 5.74) is 0.0197. The Hall–Kier alpha value is -2.09. The third-order valence-electron chi connectivity index (χ3n) is 4.12. The standard InChI is InChI=1S/C15H26N6O2/c1-5-15(2,23)11-17-14(16-3)20-6-7-21(13(22)10-20)12-8-18-19(4)9-12/h8-9,23H,5-7,10-11H2,1-4H3,(H,16,17). The lowest BCUT2D eigenvalue weighted by Crippen LogP contribution is -2.56. The number of nitrogens with zero attached hydrogens (tertiary/aromatic N) is 5. The Morgan fingerprint density at radius 2 is 2.26 bits per heavy atom. The van der Waals surface area contributed by atoms with Crippen LogP contribution in [0.25, 0.3) is 0 Å². The third-order valence-corrected chi connectivity index (χ3v) is 4.12. The summed E-state index contributed by atoms with van der Waals surface area (Å²) < 4.78 is 1.68. The van der Waals surface area contributed by atoms with Crippen molar-refractivity contribution in [3.8, 4) is 0 Å². The van der Waals surface area contributed by atoms with Gasteiger partial charge in [0.1, 0.15) is 6.54 Å². The number of aliphatic hydroxyl groups is 1. The van der Waals surface area contributed by atoms with E-state index >= 15 is 0 Å². The summed E-state index contributed by atoms with van der Waals surface area (Å²) in [4.78, 5) is 20.3. The lowest BCUT2D eigenvalue weighted by Gasteiger charge is -2.36. The van der Waals surface area contributed by atoms with Crippen molar-refractivity contribution in [2.45, 2.75) is 25.9 Å². The molecular formula is C15H26N6O2. The molecule has 2 rings (SSSR count). The first-order chi connectivity index (χ1) is 10.9. The van der Waals surface area contributed by atoms with Gasteiger partial charge in [0.15, 0.2) is 5.96 Å². The predicted octanol–water partition coefficient (Wildman–Crippen LogP) is -0.195. The summed E-state index contributed by atoms with van der Waals surface area (Å²) in [7, 11) is 3.51. The molecule has 1 amide bonds. The Kier molecular flexibility index (Phi) is 5.25. The number of aryl methyl sites for hydroxylation is 1. The number of carbonyl (C=O) groups excluding carboxylic acids is 1. The molecule has 2 heterocycles. The first-order valence-corrected chi connectivity index (χ1v) is 7.83. The summed E-state index contributed by atoms with van der Waals surface area (Å²) in [6.45, 7) is 5.61. The van der Waals surface area contributed by atoms with Gasteiger partial charge in [0.2, 0.25) is 5.91 Å². The van der Waals surface area contributed by atoms with Crippen molar-refractivity contribution in [3.05, 3.63) is 12.4 Å². The van der Waals surface area contributed by atoms with Gasteiger partial charge in [-0.25, -0.2) is 0 Å². The molecule has 0 spiro atoms. The Morgan fingerprint density at radius 1 is 1.52 bits per heavy atom. The fourth-order valence-electron chi connectivity index (χ4n) is 2.40. The minimum atomic E-state index is -0.794. The number of hydrogen-bond acceptors (Lipinski definition) is 4. The maximum atomic E-state index is 12.4. The van der Waals surface area contributed by atoms with E-state index < -0.39 is 5.60 Å². The molecule has 8 nitrogen and oxygen atoms in total. The van der Waals surface area contributed by atoms with Gasteiger partial charge in [0.25, 0.3) is 0 Å². The number of aliphatic imine (C=N–C) groups is 1. The van der Waals surface area contributed by atoms with Gasteiger partial charge in [0.05, 0.1) is 17.5 Å². The van der Waals surface area contributed by atoms with Crippen LogP contribution in [0.1, 0.15) is 20.3 Å². The molecule has 0 saturated carbocycles. The molecule has 0 aliphatic carbocycles. The Morgan fingerprint density at radius 3 is 2.78 bits per heavy atom. The van der Waals surface area contributed by atoms with Gasteiger partial charge in [-0.1, -0.05) is 6.92 Å². The van der Waals surface area contributed by atoms with Gasteiger partial charge in [-0.15, -0.1) is 0 Å². The van der Waals surface area contributed by atoms with Crippen LogP contribution in [-0.2, 0) is 11.8 Å². The van der Waals surface area contributed by atoms with Gasteiger partial charge in [0, 0.05) is 39.9 Å². The molecule has 23 heavy (non-hydrogen) atoms. The van der Waals surface area contributed by atoms with Crippen LogP contribution in [0.4, 0.5) is 5.69 Å². The fourth-order valence-corrected chi connectivity index (χ4v) is 2.40. The van der Waals surface area contributed by atoms with E-state index in [2.05, 4.69) is 15.4 Å². The maximum absolute atomic E-state index is 12.4. The molecule has 8 heteroatoms. The number of amides is 1. The SMILES string of the molecule is CCC(C)(O)CNC(=NC)N1CCN(c2cnn(C)c2)C(=O)C1. The average molecular weight is 322 g/mol. The lowest BCUT2D eigenvalue weighted by atomic mass is 10.0. The van der Waals surface area contributed by atoms with Crippen LogP contribution >= 0.6 is 0 Å². The molecule has 1 aliphatic heterocycles. The largest absolute Gasteiger partial charge is 0.388 e. The molecule has 0 radical (unpaired) electrons. The van der Waals surface area contributed by atoms with Crippen LogP contribution in [0, 0.1) is 0 Å². The third kappa shape index (κ3) is 4.22. The van der Waals surface area contributed by atoms with Crippen molar-refractivity contribution in [2.24, 2.45) is 12.0 Å². The Balaban J connectivity index is 1.97. The molecule has 1 fully saturated rings. The highest BCUT2D eigenvalue weighted by Crippen LogP contribution is 2.16. The van der Waals surface area contributed by atoms with Crippen LogP contribution in [0.2, 0.25) is 0 Å². The second-order valence-electron chi connectivity index (χ2n) is 6.09. The van der Waals surface area contributed by atoms with E-state index in [1.807, 2.05) is 25.1 Å². The van der Waals surface area contributed by atoms with Gasteiger partial charge in [-0.05, 0) is 13.3 Å². The number of hydrogen-bond donors (Lipinski definition) is 2. The highest BCUT2D eigenvalue weighted by molar-refractivity contribution is 5.98. The normalized spacial score (nSPS) is 19.0. The number of guanidine groups is 1. The zero-order valence-corrected chi connectivity index (χ0v) is 14.3. The van der Waals surface area contributed by atoms with Crippen molar-refractivity contribution in [3.63, 3.8) is 0 Å². The van der Waals surface area contributed by atoms with E-state index in [4.69, 9.17) is 0 Å². The van der Waals surface area contributed by atoms with Crippen molar-refractivity contribution in [1.82, 2.24) is 20.0 Å². The molecule has 0 aromatic carbocycles. The van der Waals surface area contributed by atoms with Gasteiger partial charge in [-0.2, -0.15) is 5.10 Å². The molecule has 1 unspecified atom stereocenters. The second kappa shape index (κ2) is 6.99. The summed E-state index contributed by atoms with van der Waals surface area (Å²) in [5.74, 6) is 0.646. The summed E-state index contributed by atoms with van der Waals surface area (Å²) in [6, 6.07) is 0. The van der Waals surface area contributed by atoms with Crippen molar-refractivity contribution in [2.75, 3.05) is 38.1 Å². The van der Waals surface area contributed by atoms with Gasteiger partial charge in [-0.3, -0.25) is 14.5 Å². The molecule has 1 saturated heterocycles. The Bertz CT molecular complexity index is 580. The van der Waals surface area contributed by atoms with Crippen molar-refractivity contribution < 1.29 is 9.90 Å². The number of nitrogens with one attached hydrogen (secondary N) is 1. The molecule has 1 aliphatic rings. The van der Waals surface area contributed by atoms with Crippen LogP contribution in [-0.4, -0.2) is 70.5 Å². The summed E-state index contributed by atoms with van der Waals surface area (Å²) in [6.07, 6.45) is 4.17. The van der Waals surface area contributed by atoms with Crippen LogP contribution in [0.3, 0.4) is 0 Å². The zero-order chi connectivity index (χ0) is 17.0. The Labute approximate surface area is 136 Å². The molecule has 1 atom stereocenters. The molecule has 0 bridgehead atoms. The fraction of sp³-hybridized carbons (Fsp3) is 0.667. The average Bonchev–Trinajstić information content (AvgIpc) is 2.94. The van der Waals surface area contributed by atoms with Crippen molar-refractivity contribution >= 4 is 17.6 Å². The molecule has 1 aromatic rings. The monoisotopic (exact) mass is 322 g/mol. The van der Waals surface area contributed by atoms with E-state index in [9.17, 15) is 9.90 Å². The lowest BCUT2D eigenvalue weighted by molar-refractivity contribution is -0.120. The van der Waals surface area contributed by atoms with E-state index in [1.165, 1.54) is 0 Å². The quantitative estimate of drug-likeness (QED) is 0.592. The predicted molar refractivity (Wildman–Crippen MR) is 89.4 cm³/mol. The molecule has 1 aromatic heterocycles. The second-order valence-corrected chi connectivity index (χ2v) is 6.09. The van der Waals surface area contributed by atoms with Crippen LogP contribution < -0.4 is 10.2 Å².